The number of ketones is 1. The van der Waals surface area contributed by atoms with Crippen LogP contribution in [-0.4, -0.2) is 30.3 Å². The van der Waals surface area contributed by atoms with Crippen molar-refractivity contribution in [3.63, 3.8) is 0 Å². The summed E-state index contributed by atoms with van der Waals surface area (Å²) in [4.78, 5) is 13.7. The van der Waals surface area contributed by atoms with E-state index >= 15 is 0 Å². The quantitative estimate of drug-likeness (QED) is 0.778. The predicted molar refractivity (Wildman–Crippen MR) is 73.0 cm³/mol. The molecule has 2 fully saturated rings. The average molecular weight is 248 g/mol. The van der Waals surface area contributed by atoms with Gasteiger partial charge in [-0.05, 0) is 38.1 Å². The van der Waals surface area contributed by atoms with Crippen molar-refractivity contribution in [3.8, 4) is 0 Å². The summed E-state index contributed by atoms with van der Waals surface area (Å²) < 4.78 is 0. The van der Waals surface area contributed by atoms with Gasteiger partial charge >= 0.3 is 0 Å². The van der Waals surface area contributed by atoms with Gasteiger partial charge < -0.3 is 10.6 Å². The molecule has 1 aliphatic heterocycles. The van der Waals surface area contributed by atoms with Crippen molar-refractivity contribution in [1.29, 1.82) is 0 Å². The van der Waals surface area contributed by atoms with Crippen molar-refractivity contribution in [2.45, 2.75) is 38.5 Å². The Bertz CT molecular complexity index is 340. The van der Waals surface area contributed by atoms with Crippen LogP contribution in [0.3, 0.4) is 0 Å². The highest BCUT2D eigenvalue weighted by Crippen LogP contribution is 2.31. The van der Waals surface area contributed by atoms with Crippen molar-refractivity contribution in [3.05, 3.63) is 18.0 Å². The van der Waals surface area contributed by atoms with Gasteiger partial charge in [-0.2, -0.15) is 0 Å². The molecule has 0 radical (unpaired) electrons. The highest BCUT2D eigenvalue weighted by atomic mass is 16.1. The minimum absolute atomic E-state index is 0.413. The van der Waals surface area contributed by atoms with Gasteiger partial charge in [0.25, 0.3) is 0 Å². The van der Waals surface area contributed by atoms with Gasteiger partial charge in [0.2, 0.25) is 0 Å². The van der Waals surface area contributed by atoms with E-state index in [0.29, 0.717) is 17.6 Å². The molecular formula is C15H24N2O. The Morgan fingerprint density at radius 2 is 1.89 bits per heavy atom. The molecule has 18 heavy (non-hydrogen) atoms. The van der Waals surface area contributed by atoms with Crippen molar-refractivity contribution in [2.24, 2.45) is 17.6 Å². The van der Waals surface area contributed by atoms with E-state index in [1.54, 1.807) is 0 Å². The van der Waals surface area contributed by atoms with Crippen LogP contribution in [0.5, 0.6) is 0 Å². The van der Waals surface area contributed by atoms with E-state index in [-0.39, 0.29) is 0 Å². The van der Waals surface area contributed by atoms with Gasteiger partial charge in [0, 0.05) is 31.8 Å². The molecule has 3 heteroatoms. The number of nitrogens with zero attached hydrogens (tertiary/aromatic N) is 1. The first-order valence-electron chi connectivity index (χ1n) is 7.11. The molecule has 0 unspecified atom stereocenters. The second kappa shape index (κ2) is 6.21. The molecule has 0 bridgehead atoms. The van der Waals surface area contributed by atoms with Crippen LogP contribution in [0.15, 0.2) is 18.0 Å². The standard InChI is InChI=1S/C15H24N2O/c1-2-15(13-3-5-14(18)6-4-13)17-9-7-12(11-16)8-10-17/h12-13H,1,3-11,16H2. The molecule has 100 valence electrons. The van der Waals surface area contributed by atoms with E-state index in [0.717, 1.165) is 45.3 Å². The van der Waals surface area contributed by atoms with E-state index in [9.17, 15) is 4.79 Å². The zero-order valence-electron chi connectivity index (χ0n) is 11.2. The number of Topliss-reactive ketones (excluding diaryl/α,β-unsaturated/α-hetero) is 1. The number of hydrogen-bond donors (Lipinski definition) is 1. The number of carbonyl (C=O) groups is 1. The van der Waals surface area contributed by atoms with Crippen LogP contribution in [0, 0.1) is 11.8 Å². The molecule has 0 amide bonds. The number of nitrogens with two attached hydrogens (primary N) is 1. The first kappa shape index (κ1) is 13.4. The Morgan fingerprint density at radius 1 is 1.28 bits per heavy atom. The lowest BCUT2D eigenvalue weighted by Crippen LogP contribution is -2.37. The molecule has 0 aromatic heterocycles. The number of carbonyl (C=O) groups excluding carboxylic acids is 1. The van der Waals surface area contributed by atoms with Crippen LogP contribution in [0.25, 0.3) is 0 Å². The van der Waals surface area contributed by atoms with E-state index < -0.39 is 0 Å². The largest absolute Gasteiger partial charge is 0.368 e. The maximum atomic E-state index is 11.3. The van der Waals surface area contributed by atoms with Crippen LogP contribution < -0.4 is 5.73 Å². The first-order valence-corrected chi connectivity index (χ1v) is 7.11. The van der Waals surface area contributed by atoms with Crippen LogP contribution in [0.4, 0.5) is 0 Å². The number of hydrogen-bond acceptors (Lipinski definition) is 3. The van der Waals surface area contributed by atoms with Crippen LogP contribution >= 0.6 is 0 Å². The van der Waals surface area contributed by atoms with Crippen LogP contribution in [0.1, 0.15) is 38.5 Å². The Labute approximate surface area is 110 Å². The Hall–Kier alpha value is -1.05. The van der Waals surface area contributed by atoms with E-state index in [2.05, 4.69) is 17.2 Å². The average Bonchev–Trinajstić information content (AvgIpc) is 2.42. The molecule has 0 aromatic rings. The Kier molecular flexibility index (Phi) is 4.62. The lowest BCUT2D eigenvalue weighted by atomic mass is 9.85. The monoisotopic (exact) mass is 248 g/mol. The smallest absolute Gasteiger partial charge is 0.132 e. The highest BCUT2D eigenvalue weighted by molar-refractivity contribution is 5.79. The summed E-state index contributed by atoms with van der Waals surface area (Å²) in [6, 6.07) is 0. The number of rotatable bonds is 3. The van der Waals surface area contributed by atoms with Crippen molar-refractivity contribution < 1.29 is 4.79 Å². The fraction of sp³-hybridized carbons (Fsp3) is 0.733. The predicted octanol–water partition coefficient (Wildman–Crippen LogP) is 2.09. The summed E-state index contributed by atoms with van der Waals surface area (Å²) >= 11 is 0. The van der Waals surface area contributed by atoms with Gasteiger partial charge in [-0.25, -0.2) is 0 Å². The lowest BCUT2D eigenvalue weighted by molar-refractivity contribution is -0.120. The third-order valence-electron chi connectivity index (χ3n) is 4.40. The SMILES string of the molecule is C=C=C(C1CCC(=O)CC1)N1CCC(CN)CC1. The summed E-state index contributed by atoms with van der Waals surface area (Å²) in [6.45, 7) is 6.81. The summed E-state index contributed by atoms with van der Waals surface area (Å²) in [7, 11) is 0. The van der Waals surface area contributed by atoms with E-state index in [1.165, 1.54) is 18.5 Å². The van der Waals surface area contributed by atoms with Gasteiger partial charge in [0.05, 0.1) is 5.70 Å². The molecule has 0 atom stereocenters. The van der Waals surface area contributed by atoms with Gasteiger partial charge in [-0.3, -0.25) is 4.79 Å². The third kappa shape index (κ3) is 3.04. The zero-order valence-corrected chi connectivity index (χ0v) is 11.2. The van der Waals surface area contributed by atoms with Crippen LogP contribution in [-0.2, 0) is 4.79 Å². The maximum Gasteiger partial charge on any atom is 0.132 e. The second-order valence-corrected chi connectivity index (χ2v) is 5.54. The molecular weight excluding hydrogens is 224 g/mol. The molecule has 1 saturated carbocycles. The molecule has 2 aliphatic rings. The minimum Gasteiger partial charge on any atom is -0.368 e. The molecule has 3 nitrogen and oxygen atoms in total. The van der Waals surface area contributed by atoms with Gasteiger partial charge in [-0.15, -0.1) is 5.73 Å². The van der Waals surface area contributed by atoms with Gasteiger partial charge in [-0.1, -0.05) is 6.58 Å². The fourth-order valence-electron chi connectivity index (χ4n) is 3.14. The first-order chi connectivity index (χ1) is 8.74. The Balaban J connectivity index is 1.94. The fourth-order valence-corrected chi connectivity index (χ4v) is 3.14. The van der Waals surface area contributed by atoms with Crippen molar-refractivity contribution >= 4 is 5.78 Å². The van der Waals surface area contributed by atoms with Gasteiger partial charge in [0.15, 0.2) is 0 Å². The molecule has 2 N–H and O–H groups in total. The minimum atomic E-state index is 0.413. The summed E-state index contributed by atoms with van der Waals surface area (Å²) in [5.74, 6) is 1.59. The number of likely N-dealkylation sites (tertiary alicyclic amines) is 1. The summed E-state index contributed by atoms with van der Waals surface area (Å²) in [5, 5.41) is 0. The normalized spacial score (nSPS) is 22.9. The topological polar surface area (TPSA) is 46.3 Å². The maximum absolute atomic E-state index is 11.3. The molecule has 2 rings (SSSR count). The molecule has 0 aromatic carbocycles. The van der Waals surface area contributed by atoms with E-state index in [1.807, 2.05) is 0 Å². The van der Waals surface area contributed by atoms with Crippen LogP contribution in [0.2, 0.25) is 0 Å². The lowest BCUT2D eigenvalue weighted by Gasteiger charge is -2.37. The molecule has 0 spiro atoms. The summed E-state index contributed by atoms with van der Waals surface area (Å²) in [5.41, 5.74) is 10.1. The van der Waals surface area contributed by atoms with Crippen molar-refractivity contribution in [1.82, 2.24) is 4.90 Å². The molecule has 1 heterocycles. The zero-order chi connectivity index (χ0) is 13.0. The molecule has 1 saturated heterocycles. The van der Waals surface area contributed by atoms with Gasteiger partial charge in [0.1, 0.15) is 5.78 Å². The number of allylic oxidation sites excluding steroid dienone is 1. The third-order valence-corrected chi connectivity index (χ3v) is 4.40. The van der Waals surface area contributed by atoms with E-state index in [4.69, 9.17) is 5.73 Å². The van der Waals surface area contributed by atoms with Crippen molar-refractivity contribution in [2.75, 3.05) is 19.6 Å². The summed E-state index contributed by atoms with van der Waals surface area (Å²) in [6.07, 6.45) is 5.77. The molecule has 1 aliphatic carbocycles. The number of piperidine rings is 1. The Morgan fingerprint density at radius 3 is 2.39 bits per heavy atom. The highest BCUT2D eigenvalue weighted by Gasteiger charge is 2.27. The second-order valence-electron chi connectivity index (χ2n) is 5.54.